The Morgan fingerprint density at radius 1 is 1.24 bits per heavy atom. The van der Waals surface area contributed by atoms with Crippen LogP contribution in [0.25, 0.3) is 5.82 Å². The normalized spacial score (nSPS) is 11.6. The van der Waals surface area contributed by atoms with Crippen molar-refractivity contribution in [2.45, 2.75) is 24.1 Å². The van der Waals surface area contributed by atoms with Gasteiger partial charge >= 0.3 is 5.76 Å². The lowest BCUT2D eigenvalue weighted by atomic mass is 10.2. The lowest BCUT2D eigenvalue weighted by Gasteiger charge is -2.10. The number of nitrogens with one attached hydrogen (secondary N) is 1. The fourth-order valence-electron chi connectivity index (χ4n) is 2.57. The van der Waals surface area contributed by atoms with Gasteiger partial charge < -0.3 is 5.32 Å². The third kappa shape index (κ3) is 4.21. The van der Waals surface area contributed by atoms with E-state index in [1.807, 2.05) is 6.92 Å². The van der Waals surface area contributed by atoms with Gasteiger partial charge in [-0.3, -0.25) is 14.7 Å². The number of alkyl halides is 2. The number of rotatable bonds is 7. The molecular weight excluding hydrogens is 408 g/mol. The zero-order chi connectivity index (χ0) is 21.2. The van der Waals surface area contributed by atoms with Crippen LogP contribution in [0.5, 0.6) is 0 Å². The van der Waals surface area contributed by atoms with E-state index in [2.05, 4.69) is 15.3 Å². The number of anilines is 1. The molecule has 3 aromatic rings. The summed E-state index contributed by atoms with van der Waals surface area (Å²) < 4.78 is 50.2. The molecule has 2 heterocycles. The van der Waals surface area contributed by atoms with E-state index in [1.165, 1.54) is 0 Å². The van der Waals surface area contributed by atoms with Crippen LogP contribution in [-0.4, -0.2) is 33.6 Å². The molecule has 9 nitrogen and oxygen atoms in total. The fraction of sp³-hybridized carbons (Fsp3) is 0.176. The summed E-state index contributed by atoms with van der Waals surface area (Å²) in [6.07, 6.45) is 4.97. The third-order valence-electron chi connectivity index (χ3n) is 4.09. The number of aromatic nitrogens is 3. The highest BCUT2D eigenvalue weighted by molar-refractivity contribution is 7.91. The van der Waals surface area contributed by atoms with Gasteiger partial charge in [-0.25, -0.2) is 18.4 Å². The van der Waals surface area contributed by atoms with E-state index in [4.69, 9.17) is 0 Å². The third-order valence-corrected chi connectivity index (χ3v) is 5.47. The molecule has 0 saturated carbocycles. The smallest absolute Gasteiger partial charge is 0.341 e. The highest BCUT2D eigenvalue weighted by Gasteiger charge is 2.29. The lowest BCUT2D eigenvalue weighted by molar-refractivity contribution is -0.384. The molecular formula is C17H15F2N5O4S. The van der Waals surface area contributed by atoms with E-state index in [1.54, 1.807) is 35.3 Å². The van der Waals surface area contributed by atoms with E-state index in [9.17, 15) is 27.3 Å². The van der Waals surface area contributed by atoms with Crippen molar-refractivity contribution in [3.8, 4) is 5.82 Å². The second-order valence-corrected chi connectivity index (χ2v) is 7.88. The SMILES string of the molecule is Cc1nccn1-c1ccc(CNc2ccc(S(=O)(=O)C(F)F)cc2[N+](=O)[O-])cn1. The average Bonchev–Trinajstić information content (AvgIpc) is 3.12. The molecule has 0 unspecified atom stereocenters. The molecule has 0 aliphatic carbocycles. The molecule has 0 amide bonds. The maximum atomic E-state index is 12.7. The van der Waals surface area contributed by atoms with E-state index in [0.717, 1.165) is 18.0 Å². The number of aryl methyl sites for hydroxylation is 1. The van der Waals surface area contributed by atoms with Gasteiger partial charge in [0.05, 0.1) is 9.82 Å². The molecule has 0 fully saturated rings. The molecule has 0 atom stereocenters. The first-order valence-electron chi connectivity index (χ1n) is 8.20. The zero-order valence-corrected chi connectivity index (χ0v) is 15.8. The van der Waals surface area contributed by atoms with Crippen LogP contribution in [0.15, 0.2) is 53.8 Å². The number of hydrogen-bond acceptors (Lipinski definition) is 7. The van der Waals surface area contributed by atoms with Crippen molar-refractivity contribution in [1.29, 1.82) is 0 Å². The number of halogens is 2. The Morgan fingerprint density at radius 3 is 2.55 bits per heavy atom. The van der Waals surface area contributed by atoms with Crippen molar-refractivity contribution in [3.05, 3.63) is 70.4 Å². The van der Waals surface area contributed by atoms with Crippen LogP contribution < -0.4 is 5.32 Å². The standard InChI is InChI=1S/C17H15F2N5O4S/c1-11-20-6-7-23(11)16-5-2-12(10-22-16)9-21-14-4-3-13(8-15(14)24(25)26)29(27,28)17(18)19/h2-8,10,17,21H,9H2,1H3. The van der Waals surface area contributed by atoms with Crippen molar-refractivity contribution in [3.63, 3.8) is 0 Å². The van der Waals surface area contributed by atoms with E-state index in [0.29, 0.717) is 17.4 Å². The van der Waals surface area contributed by atoms with E-state index in [-0.39, 0.29) is 12.2 Å². The Bertz CT molecular complexity index is 1150. The number of nitrogens with zero attached hydrogens (tertiary/aromatic N) is 4. The van der Waals surface area contributed by atoms with Gasteiger partial charge in [-0.1, -0.05) is 6.07 Å². The van der Waals surface area contributed by atoms with Crippen molar-refractivity contribution >= 4 is 21.2 Å². The predicted molar refractivity (Wildman–Crippen MR) is 99.7 cm³/mol. The van der Waals surface area contributed by atoms with Gasteiger partial charge in [0.1, 0.15) is 17.3 Å². The van der Waals surface area contributed by atoms with Gasteiger partial charge in [0.25, 0.3) is 5.69 Å². The largest absolute Gasteiger partial charge is 0.375 e. The van der Waals surface area contributed by atoms with Crippen LogP contribution in [0.4, 0.5) is 20.2 Å². The molecule has 1 aromatic carbocycles. The van der Waals surface area contributed by atoms with Crippen LogP contribution >= 0.6 is 0 Å². The molecule has 0 radical (unpaired) electrons. The average molecular weight is 423 g/mol. The molecule has 2 aromatic heterocycles. The van der Waals surface area contributed by atoms with E-state index < -0.39 is 31.1 Å². The number of pyridine rings is 1. The minimum absolute atomic E-state index is 0.00209. The van der Waals surface area contributed by atoms with Crippen LogP contribution in [-0.2, 0) is 16.4 Å². The minimum Gasteiger partial charge on any atom is -0.375 e. The Balaban J connectivity index is 1.80. The summed E-state index contributed by atoms with van der Waals surface area (Å²) in [6.45, 7) is 1.98. The Labute approximate surface area is 164 Å². The summed E-state index contributed by atoms with van der Waals surface area (Å²) in [5.74, 6) is -2.25. The maximum Gasteiger partial charge on any atom is 0.341 e. The van der Waals surface area contributed by atoms with Gasteiger partial charge in [0.15, 0.2) is 0 Å². The van der Waals surface area contributed by atoms with Crippen molar-refractivity contribution in [2.75, 3.05) is 5.32 Å². The van der Waals surface area contributed by atoms with Gasteiger partial charge in [-0.15, -0.1) is 0 Å². The quantitative estimate of drug-likeness (QED) is 0.458. The number of imidazole rings is 1. The minimum atomic E-state index is -4.93. The van der Waals surface area contributed by atoms with Gasteiger partial charge in [0, 0.05) is 31.2 Å². The highest BCUT2D eigenvalue weighted by atomic mass is 32.2. The zero-order valence-electron chi connectivity index (χ0n) is 15.0. The second-order valence-electron chi connectivity index (χ2n) is 5.96. The number of nitro benzene ring substituents is 1. The molecule has 0 saturated heterocycles. The first kappa shape index (κ1) is 20.3. The second kappa shape index (κ2) is 7.91. The molecule has 1 N–H and O–H groups in total. The molecule has 152 valence electrons. The first-order chi connectivity index (χ1) is 13.7. The molecule has 0 spiro atoms. The molecule has 3 rings (SSSR count). The number of benzene rings is 1. The van der Waals surface area contributed by atoms with Crippen molar-refractivity contribution in [2.24, 2.45) is 0 Å². The van der Waals surface area contributed by atoms with Gasteiger partial charge in [0.2, 0.25) is 9.84 Å². The number of sulfone groups is 1. The summed E-state index contributed by atoms with van der Waals surface area (Å²) in [5.41, 5.74) is 0.0770. The van der Waals surface area contributed by atoms with E-state index >= 15 is 0 Å². The number of nitro groups is 1. The van der Waals surface area contributed by atoms with Gasteiger partial charge in [-0.05, 0) is 30.7 Å². The summed E-state index contributed by atoms with van der Waals surface area (Å²) in [7, 11) is -4.93. The molecule has 29 heavy (non-hydrogen) atoms. The predicted octanol–water partition coefficient (Wildman–Crippen LogP) is 3.09. The van der Waals surface area contributed by atoms with Crippen molar-refractivity contribution < 1.29 is 22.1 Å². The Kier molecular flexibility index (Phi) is 5.55. The lowest BCUT2D eigenvalue weighted by Crippen LogP contribution is -2.12. The molecule has 0 aliphatic heterocycles. The van der Waals surface area contributed by atoms with Crippen LogP contribution in [0.3, 0.4) is 0 Å². The Hall–Kier alpha value is -3.41. The fourth-order valence-corrected chi connectivity index (χ4v) is 3.31. The molecule has 12 heteroatoms. The van der Waals surface area contributed by atoms with Gasteiger partial charge in [-0.2, -0.15) is 8.78 Å². The number of hydrogen-bond donors (Lipinski definition) is 1. The summed E-state index contributed by atoms with van der Waals surface area (Å²) in [6, 6.07) is 6.12. The van der Waals surface area contributed by atoms with Crippen LogP contribution in [0.2, 0.25) is 0 Å². The first-order valence-corrected chi connectivity index (χ1v) is 9.74. The summed E-state index contributed by atoms with van der Waals surface area (Å²) >= 11 is 0. The molecule has 0 aliphatic rings. The van der Waals surface area contributed by atoms with Crippen molar-refractivity contribution in [1.82, 2.24) is 14.5 Å². The topological polar surface area (TPSA) is 120 Å². The summed E-state index contributed by atoms with van der Waals surface area (Å²) in [5, 5.41) is 14.1. The van der Waals surface area contributed by atoms with Crippen LogP contribution in [0, 0.1) is 17.0 Å². The maximum absolute atomic E-state index is 12.7. The monoisotopic (exact) mass is 423 g/mol. The summed E-state index contributed by atoms with van der Waals surface area (Å²) in [4.78, 5) is 18.0. The Morgan fingerprint density at radius 2 is 2.00 bits per heavy atom. The highest BCUT2D eigenvalue weighted by Crippen LogP contribution is 2.30. The van der Waals surface area contributed by atoms with Crippen LogP contribution in [0.1, 0.15) is 11.4 Å². The molecule has 0 bridgehead atoms.